The maximum Gasteiger partial charge on any atom is 0.261 e. The number of hydrogen-bond acceptors (Lipinski definition) is 3. The Morgan fingerprint density at radius 2 is 0.979 bits per heavy atom. The van der Waals surface area contributed by atoms with Crippen LogP contribution < -0.4 is 4.90 Å². The van der Waals surface area contributed by atoms with Crippen LogP contribution in [0.1, 0.15) is 108 Å². The van der Waals surface area contributed by atoms with Gasteiger partial charge in [0.05, 0.1) is 22.5 Å². The Morgan fingerprint density at radius 3 is 1.38 bits per heavy atom. The maximum atomic E-state index is 14.4. The molecule has 2 aliphatic heterocycles. The van der Waals surface area contributed by atoms with Gasteiger partial charge in [0.25, 0.3) is 11.8 Å². The molecule has 2 heterocycles. The molecular weight excluding hydrogens is 578 g/mol. The fourth-order valence-electron chi connectivity index (χ4n) is 6.71. The van der Waals surface area contributed by atoms with Gasteiger partial charge < -0.3 is 14.7 Å². The molecule has 47 heavy (non-hydrogen) atoms. The highest BCUT2D eigenvalue weighted by Crippen LogP contribution is 2.47. The van der Waals surface area contributed by atoms with Gasteiger partial charge in [0, 0.05) is 31.5 Å². The van der Waals surface area contributed by atoms with E-state index in [-0.39, 0.29) is 17.2 Å². The Bertz CT molecular complexity index is 1620. The molecule has 0 atom stereocenters. The molecule has 0 N–H and O–H groups in total. The van der Waals surface area contributed by atoms with Gasteiger partial charge in [-0.15, -0.1) is 0 Å². The van der Waals surface area contributed by atoms with E-state index >= 15 is 0 Å². The molecule has 0 unspecified atom stereocenters. The number of nitrogens with zero attached hydrogens (tertiary/aromatic N) is 3. The highest BCUT2D eigenvalue weighted by atomic mass is 16.2. The number of amides is 2. The summed E-state index contributed by atoms with van der Waals surface area (Å²) >= 11 is 0. The number of hydrogen-bond donors (Lipinski definition) is 0. The summed E-state index contributed by atoms with van der Waals surface area (Å²) in [6, 6.07) is 25.4. The molecule has 2 amide bonds. The molecule has 5 rings (SSSR count). The summed E-state index contributed by atoms with van der Waals surface area (Å²) in [4.78, 5) is 34.9. The number of carbonyl (C=O) groups is 2. The van der Waals surface area contributed by atoms with Crippen molar-refractivity contribution in [1.82, 2.24) is 9.80 Å². The summed E-state index contributed by atoms with van der Waals surface area (Å²) in [5.41, 5.74) is 9.22. The van der Waals surface area contributed by atoms with Crippen molar-refractivity contribution in [2.24, 2.45) is 0 Å². The van der Waals surface area contributed by atoms with Crippen LogP contribution in [-0.4, -0.2) is 41.8 Å². The van der Waals surface area contributed by atoms with Crippen LogP contribution in [-0.2, 0) is 15.0 Å². The van der Waals surface area contributed by atoms with E-state index in [4.69, 9.17) is 0 Å². The third kappa shape index (κ3) is 7.25. The number of fused-ring (bicyclic) bond motifs is 1. The molecule has 0 aliphatic carbocycles. The minimum Gasteiger partial charge on any atom is -0.345 e. The van der Waals surface area contributed by atoms with Crippen molar-refractivity contribution in [3.63, 3.8) is 0 Å². The Balaban J connectivity index is 1.55. The van der Waals surface area contributed by atoms with E-state index in [1.165, 1.54) is 5.56 Å². The topological polar surface area (TPSA) is 43.9 Å². The third-order valence-corrected chi connectivity index (χ3v) is 9.63. The lowest BCUT2D eigenvalue weighted by molar-refractivity contribution is -0.124. The quantitative estimate of drug-likeness (QED) is 0.166. The lowest BCUT2D eigenvalue weighted by Gasteiger charge is -2.26. The molecule has 0 aromatic heterocycles. The number of benzene rings is 3. The zero-order valence-electron chi connectivity index (χ0n) is 29.7. The van der Waals surface area contributed by atoms with Crippen molar-refractivity contribution in [3.8, 4) is 0 Å². The molecule has 3 aromatic rings. The van der Waals surface area contributed by atoms with Crippen LogP contribution in [0.2, 0.25) is 0 Å². The lowest BCUT2D eigenvalue weighted by atomic mass is 9.87. The highest BCUT2D eigenvalue weighted by molar-refractivity contribution is 6.30. The largest absolute Gasteiger partial charge is 0.345 e. The minimum atomic E-state index is -0.0494. The summed E-state index contributed by atoms with van der Waals surface area (Å²) < 4.78 is 0. The lowest BCUT2D eigenvalue weighted by Crippen LogP contribution is -2.31. The fourth-order valence-corrected chi connectivity index (χ4v) is 6.71. The zero-order valence-corrected chi connectivity index (χ0v) is 29.7. The highest BCUT2D eigenvalue weighted by Gasteiger charge is 2.48. The normalized spacial score (nSPS) is 15.0. The third-order valence-electron chi connectivity index (χ3n) is 9.63. The Morgan fingerprint density at radius 1 is 0.574 bits per heavy atom. The van der Waals surface area contributed by atoms with Crippen molar-refractivity contribution >= 4 is 34.6 Å². The zero-order chi connectivity index (χ0) is 33.7. The van der Waals surface area contributed by atoms with Gasteiger partial charge in [0.1, 0.15) is 0 Å². The number of aryl methyl sites for hydroxylation is 1. The van der Waals surface area contributed by atoms with Crippen LogP contribution in [0.3, 0.4) is 0 Å². The number of unbranched alkanes of at least 4 members (excludes halogenated alkanes) is 6. The van der Waals surface area contributed by atoms with E-state index in [0.29, 0.717) is 24.2 Å². The minimum absolute atomic E-state index is 0.0494. The van der Waals surface area contributed by atoms with Crippen LogP contribution in [0, 0.1) is 6.92 Å². The van der Waals surface area contributed by atoms with Gasteiger partial charge in [-0.25, -0.2) is 0 Å². The van der Waals surface area contributed by atoms with Crippen LogP contribution in [0.15, 0.2) is 83.9 Å². The van der Waals surface area contributed by atoms with Crippen molar-refractivity contribution in [3.05, 3.63) is 106 Å². The summed E-state index contributed by atoms with van der Waals surface area (Å²) in [6.45, 7) is 14.4. The van der Waals surface area contributed by atoms with E-state index in [2.05, 4.69) is 126 Å². The van der Waals surface area contributed by atoms with Gasteiger partial charge in [0.2, 0.25) is 0 Å². The molecule has 5 nitrogen and oxygen atoms in total. The Labute approximate surface area is 283 Å². The van der Waals surface area contributed by atoms with Gasteiger partial charge in [0.15, 0.2) is 0 Å². The van der Waals surface area contributed by atoms with Gasteiger partial charge >= 0.3 is 0 Å². The first kappa shape index (κ1) is 34.2. The van der Waals surface area contributed by atoms with Crippen molar-refractivity contribution in [2.45, 2.75) is 98.3 Å². The van der Waals surface area contributed by atoms with E-state index < -0.39 is 0 Å². The molecule has 0 fully saturated rings. The SMILES string of the molecule is CCCCCCN1C(=O)C2=C(c3ccc(N(C)c4ccc(C(C)(C)C)cc4)cc3)N(CCCCCC)C(=O)C2=C1c1ccc(C)cc1. The monoisotopic (exact) mass is 631 g/mol. The summed E-state index contributed by atoms with van der Waals surface area (Å²) in [5, 5.41) is 0. The maximum absolute atomic E-state index is 14.4. The van der Waals surface area contributed by atoms with E-state index in [1.54, 1.807) is 0 Å². The van der Waals surface area contributed by atoms with Gasteiger partial charge in [-0.2, -0.15) is 0 Å². The Kier molecular flexibility index (Phi) is 10.7. The first-order chi connectivity index (χ1) is 22.6. The molecule has 0 saturated carbocycles. The first-order valence-electron chi connectivity index (χ1n) is 17.7. The molecule has 248 valence electrons. The van der Waals surface area contributed by atoms with Gasteiger partial charge in [-0.05, 0) is 66.1 Å². The summed E-state index contributed by atoms with van der Waals surface area (Å²) in [5.74, 6) is -0.0989. The summed E-state index contributed by atoms with van der Waals surface area (Å²) in [6.07, 6.45) is 8.47. The number of anilines is 2. The van der Waals surface area contributed by atoms with E-state index in [0.717, 1.165) is 90.8 Å². The molecule has 5 heteroatoms. The number of rotatable bonds is 14. The molecule has 0 spiro atoms. The van der Waals surface area contributed by atoms with Crippen LogP contribution in [0.5, 0.6) is 0 Å². The predicted octanol–water partition coefficient (Wildman–Crippen LogP) is 10.0. The molecular formula is C42H53N3O2. The molecule has 0 radical (unpaired) electrons. The summed E-state index contributed by atoms with van der Waals surface area (Å²) in [7, 11) is 2.08. The second-order valence-corrected chi connectivity index (χ2v) is 14.3. The van der Waals surface area contributed by atoms with Crippen molar-refractivity contribution in [1.29, 1.82) is 0 Å². The van der Waals surface area contributed by atoms with Crippen LogP contribution in [0.25, 0.3) is 11.4 Å². The first-order valence-corrected chi connectivity index (χ1v) is 17.7. The average Bonchev–Trinajstić information content (AvgIpc) is 3.51. The van der Waals surface area contributed by atoms with E-state index in [1.807, 2.05) is 9.80 Å². The molecule has 3 aromatic carbocycles. The molecule has 2 aliphatic rings. The van der Waals surface area contributed by atoms with Crippen LogP contribution in [0.4, 0.5) is 11.4 Å². The molecule has 0 saturated heterocycles. The van der Waals surface area contributed by atoms with Crippen molar-refractivity contribution in [2.75, 3.05) is 25.0 Å². The van der Waals surface area contributed by atoms with E-state index in [9.17, 15) is 9.59 Å². The number of carbonyl (C=O) groups excluding carboxylic acids is 2. The Hall–Kier alpha value is -4.12. The average molecular weight is 632 g/mol. The van der Waals surface area contributed by atoms with Crippen molar-refractivity contribution < 1.29 is 9.59 Å². The van der Waals surface area contributed by atoms with Gasteiger partial charge in [-0.3, -0.25) is 9.59 Å². The van der Waals surface area contributed by atoms with Crippen LogP contribution >= 0.6 is 0 Å². The predicted molar refractivity (Wildman–Crippen MR) is 196 cm³/mol. The molecule has 0 bridgehead atoms. The van der Waals surface area contributed by atoms with Gasteiger partial charge in [-0.1, -0.05) is 127 Å². The smallest absolute Gasteiger partial charge is 0.261 e. The fraction of sp³-hybridized carbons (Fsp3) is 0.429. The second kappa shape index (κ2) is 14.8. The second-order valence-electron chi connectivity index (χ2n) is 14.3. The standard InChI is InChI=1S/C42H53N3O2/c1-8-10-12-14-28-44-38(31-18-16-30(3)17-19-31)36-37(41(44)47)39(45(40(36)46)29-15-13-11-9-2)32-20-24-34(25-21-32)43(7)35-26-22-33(23-27-35)42(4,5)6/h16-27H,8-15,28-29H2,1-7H3.